The number of nitrogens with one attached hydrogen (secondary N) is 1. The summed E-state index contributed by atoms with van der Waals surface area (Å²) in [6.45, 7) is 0.525. The van der Waals surface area contributed by atoms with Crippen molar-refractivity contribution in [2.45, 2.75) is 12.5 Å². The highest BCUT2D eigenvalue weighted by Crippen LogP contribution is 2.32. The van der Waals surface area contributed by atoms with Crippen molar-refractivity contribution in [3.05, 3.63) is 89.7 Å². The molecule has 0 spiro atoms. The van der Waals surface area contributed by atoms with Crippen molar-refractivity contribution in [3.63, 3.8) is 0 Å². The van der Waals surface area contributed by atoms with Crippen LogP contribution in [-0.2, 0) is 0 Å². The summed E-state index contributed by atoms with van der Waals surface area (Å²) >= 11 is 0. The van der Waals surface area contributed by atoms with Gasteiger partial charge in [-0.2, -0.15) is 0 Å². The molecule has 0 fully saturated rings. The van der Waals surface area contributed by atoms with Gasteiger partial charge >= 0.3 is 0 Å². The Hall–Kier alpha value is -3.14. The van der Waals surface area contributed by atoms with E-state index in [0.717, 1.165) is 22.4 Å². The van der Waals surface area contributed by atoms with E-state index in [0.29, 0.717) is 13.0 Å². The number of ether oxygens (including phenoxy) is 1. The highest BCUT2D eigenvalue weighted by Gasteiger charge is 2.24. The molecule has 130 valence electrons. The Labute approximate surface area is 151 Å². The number of benzene rings is 3. The Bertz CT molecular complexity index is 940. The molecule has 1 heterocycles. The van der Waals surface area contributed by atoms with Crippen LogP contribution in [-0.4, -0.2) is 12.5 Å². The number of para-hydroxylation sites is 1. The van der Waals surface area contributed by atoms with Gasteiger partial charge in [-0.15, -0.1) is 0 Å². The van der Waals surface area contributed by atoms with Crippen molar-refractivity contribution in [2.75, 3.05) is 6.61 Å². The number of hydrogen-bond donors (Lipinski definition) is 1. The summed E-state index contributed by atoms with van der Waals surface area (Å²) in [6.07, 6.45) is 0.659. The summed E-state index contributed by atoms with van der Waals surface area (Å²) in [4.78, 5) is 12.6. The zero-order valence-electron chi connectivity index (χ0n) is 14.1. The molecule has 26 heavy (non-hydrogen) atoms. The third kappa shape index (κ3) is 3.18. The molecule has 0 unspecified atom stereocenters. The molecule has 3 nitrogen and oxygen atoms in total. The maximum Gasteiger partial charge on any atom is 0.254 e. The Morgan fingerprint density at radius 2 is 1.73 bits per heavy atom. The van der Waals surface area contributed by atoms with E-state index in [1.54, 1.807) is 6.07 Å². The summed E-state index contributed by atoms with van der Waals surface area (Å²) in [5, 5.41) is 2.93. The molecule has 0 saturated heterocycles. The van der Waals surface area contributed by atoms with E-state index in [9.17, 15) is 9.18 Å². The predicted octanol–water partition coefficient (Wildman–Crippen LogP) is 4.75. The summed E-state index contributed by atoms with van der Waals surface area (Å²) in [5.41, 5.74) is 2.63. The van der Waals surface area contributed by atoms with Crippen molar-refractivity contribution in [1.82, 2.24) is 5.32 Å². The highest BCUT2D eigenvalue weighted by molar-refractivity contribution is 5.95. The summed E-state index contributed by atoms with van der Waals surface area (Å²) in [6, 6.07) is 21.7. The molecule has 0 radical (unpaired) electrons. The third-order valence-corrected chi connectivity index (χ3v) is 4.58. The molecule has 1 amide bonds. The minimum Gasteiger partial charge on any atom is -0.493 e. The lowest BCUT2D eigenvalue weighted by molar-refractivity contribution is 0.0921. The van der Waals surface area contributed by atoms with Crippen LogP contribution in [0.25, 0.3) is 11.1 Å². The van der Waals surface area contributed by atoms with Crippen molar-refractivity contribution in [3.8, 4) is 16.9 Å². The van der Waals surface area contributed by atoms with Crippen molar-refractivity contribution in [1.29, 1.82) is 0 Å². The Morgan fingerprint density at radius 1 is 0.962 bits per heavy atom. The average Bonchev–Trinajstić information content (AvgIpc) is 2.69. The van der Waals surface area contributed by atoms with E-state index in [1.165, 1.54) is 12.1 Å². The van der Waals surface area contributed by atoms with Gasteiger partial charge in [-0.3, -0.25) is 4.79 Å². The fraction of sp³-hybridized carbons (Fsp3) is 0.136. The molecule has 0 aliphatic carbocycles. The van der Waals surface area contributed by atoms with E-state index in [4.69, 9.17) is 4.74 Å². The van der Waals surface area contributed by atoms with Gasteiger partial charge in [0.2, 0.25) is 0 Å². The van der Waals surface area contributed by atoms with Crippen LogP contribution in [0.5, 0.6) is 5.75 Å². The van der Waals surface area contributed by atoms with Gasteiger partial charge in [0.1, 0.15) is 11.6 Å². The molecule has 1 aliphatic heterocycles. The van der Waals surface area contributed by atoms with E-state index >= 15 is 0 Å². The van der Waals surface area contributed by atoms with E-state index in [2.05, 4.69) is 5.32 Å². The quantitative estimate of drug-likeness (QED) is 0.743. The molecule has 0 aromatic heterocycles. The van der Waals surface area contributed by atoms with Crippen LogP contribution in [0.2, 0.25) is 0 Å². The number of carbonyl (C=O) groups is 1. The minimum absolute atomic E-state index is 0.0497. The summed E-state index contributed by atoms with van der Waals surface area (Å²) in [7, 11) is 0. The first-order chi connectivity index (χ1) is 12.7. The van der Waals surface area contributed by atoms with Gasteiger partial charge in [-0.05, 0) is 29.3 Å². The van der Waals surface area contributed by atoms with Gasteiger partial charge in [-0.25, -0.2) is 4.39 Å². The molecule has 4 rings (SSSR count). The van der Waals surface area contributed by atoms with Crippen LogP contribution in [0, 0.1) is 5.82 Å². The molecular formula is C22H18FNO2. The number of fused-ring (bicyclic) bond motifs is 1. The number of rotatable bonds is 3. The van der Waals surface area contributed by atoms with Gasteiger partial charge in [0.15, 0.2) is 0 Å². The van der Waals surface area contributed by atoms with Gasteiger partial charge in [-0.1, -0.05) is 54.6 Å². The smallest absolute Gasteiger partial charge is 0.254 e. The van der Waals surface area contributed by atoms with E-state index in [1.807, 2.05) is 54.6 Å². The molecule has 1 atom stereocenters. The number of amides is 1. The first kappa shape index (κ1) is 16.3. The maximum absolute atomic E-state index is 14.6. The van der Waals surface area contributed by atoms with Crippen LogP contribution in [0.3, 0.4) is 0 Å². The van der Waals surface area contributed by atoms with E-state index in [-0.39, 0.29) is 11.6 Å². The molecule has 3 aromatic rings. The maximum atomic E-state index is 14.6. The Morgan fingerprint density at radius 3 is 2.54 bits per heavy atom. The molecular weight excluding hydrogens is 329 g/mol. The number of carbonyl (C=O) groups excluding carboxylic acids is 1. The molecule has 0 saturated carbocycles. The molecule has 4 heteroatoms. The molecule has 3 aromatic carbocycles. The second kappa shape index (κ2) is 7.00. The fourth-order valence-electron chi connectivity index (χ4n) is 3.24. The first-order valence-corrected chi connectivity index (χ1v) is 8.60. The lowest BCUT2D eigenvalue weighted by Crippen LogP contribution is -2.32. The van der Waals surface area contributed by atoms with Crippen molar-refractivity contribution >= 4 is 5.91 Å². The Balaban J connectivity index is 1.56. The monoisotopic (exact) mass is 347 g/mol. The van der Waals surface area contributed by atoms with Crippen LogP contribution in [0.4, 0.5) is 4.39 Å². The number of halogens is 1. The van der Waals surface area contributed by atoms with Crippen LogP contribution < -0.4 is 10.1 Å². The summed E-state index contributed by atoms with van der Waals surface area (Å²) < 4.78 is 20.2. The Kier molecular flexibility index (Phi) is 4.40. The number of hydrogen-bond acceptors (Lipinski definition) is 2. The predicted molar refractivity (Wildman–Crippen MR) is 98.6 cm³/mol. The van der Waals surface area contributed by atoms with Crippen LogP contribution in [0.15, 0.2) is 72.8 Å². The zero-order chi connectivity index (χ0) is 17.9. The standard InChI is InChI=1S/C22H18FNO2/c23-19-14-16(15-6-2-1-3-7-15)10-11-17(19)22(25)24-20-12-13-26-21-9-5-4-8-18(20)21/h1-11,14,20H,12-13H2,(H,24,25)/t20-/m1/s1. The normalized spacial score (nSPS) is 15.7. The van der Waals surface area contributed by atoms with Crippen LogP contribution >= 0.6 is 0 Å². The van der Waals surface area contributed by atoms with Gasteiger partial charge < -0.3 is 10.1 Å². The highest BCUT2D eigenvalue weighted by atomic mass is 19.1. The second-order valence-electron chi connectivity index (χ2n) is 6.26. The lowest BCUT2D eigenvalue weighted by Gasteiger charge is -2.26. The van der Waals surface area contributed by atoms with Crippen molar-refractivity contribution in [2.24, 2.45) is 0 Å². The fourth-order valence-corrected chi connectivity index (χ4v) is 3.24. The van der Waals surface area contributed by atoms with E-state index < -0.39 is 11.7 Å². The first-order valence-electron chi connectivity index (χ1n) is 8.60. The summed E-state index contributed by atoms with van der Waals surface area (Å²) in [5.74, 6) is -0.169. The zero-order valence-corrected chi connectivity index (χ0v) is 14.1. The largest absolute Gasteiger partial charge is 0.493 e. The average molecular weight is 347 g/mol. The lowest BCUT2D eigenvalue weighted by atomic mass is 9.99. The second-order valence-corrected chi connectivity index (χ2v) is 6.26. The topological polar surface area (TPSA) is 38.3 Å². The van der Waals surface area contributed by atoms with Crippen molar-refractivity contribution < 1.29 is 13.9 Å². The molecule has 1 aliphatic rings. The SMILES string of the molecule is O=C(N[C@@H]1CCOc2ccccc21)c1ccc(-c2ccccc2)cc1F. The third-order valence-electron chi connectivity index (χ3n) is 4.58. The minimum atomic E-state index is -0.524. The van der Waals surface area contributed by atoms with Gasteiger partial charge in [0.05, 0.1) is 18.2 Å². The van der Waals surface area contributed by atoms with Crippen LogP contribution in [0.1, 0.15) is 28.4 Å². The molecule has 0 bridgehead atoms. The van der Waals surface area contributed by atoms with Gasteiger partial charge in [0, 0.05) is 12.0 Å². The molecule has 1 N–H and O–H groups in total. The van der Waals surface area contributed by atoms with Gasteiger partial charge in [0.25, 0.3) is 5.91 Å².